The molecule has 150 valence electrons. The minimum atomic E-state index is -4.59. The maximum atomic E-state index is 12.8. The predicted octanol–water partition coefficient (Wildman–Crippen LogP) is 3.22. The molecule has 0 aliphatic heterocycles. The number of carbonyl (C=O) groups excluding carboxylic acids is 1. The molecule has 0 radical (unpaired) electrons. The molecule has 29 heavy (non-hydrogen) atoms. The Morgan fingerprint density at radius 1 is 1.14 bits per heavy atom. The summed E-state index contributed by atoms with van der Waals surface area (Å²) in [5.41, 5.74) is -2.17. The normalized spacial score (nSPS) is 11.2. The molecule has 3 rings (SSSR count). The zero-order valence-corrected chi connectivity index (χ0v) is 14.9. The summed E-state index contributed by atoms with van der Waals surface area (Å²) in [5.74, 6) is -1.42. The number of ether oxygens (including phenoxy) is 1. The Morgan fingerprint density at radius 2 is 1.86 bits per heavy atom. The zero-order chi connectivity index (χ0) is 21.2. The van der Waals surface area contributed by atoms with E-state index >= 15 is 0 Å². The van der Waals surface area contributed by atoms with Gasteiger partial charge in [0.2, 0.25) is 0 Å². The molecule has 1 heterocycles. The Balaban J connectivity index is 1.99. The molecule has 1 aromatic heterocycles. The second-order valence-electron chi connectivity index (χ2n) is 5.83. The van der Waals surface area contributed by atoms with Crippen LogP contribution in [0.5, 0.6) is 11.5 Å². The monoisotopic (exact) mass is 405 g/mol. The number of halogens is 3. The molecule has 10 heteroatoms. The van der Waals surface area contributed by atoms with Gasteiger partial charge >= 0.3 is 6.18 Å². The molecule has 0 saturated carbocycles. The van der Waals surface area contributed by atoms with E-state index in [-0.39, 0.29) is 17.1 Å². The van der Waals surface area contributed by atoms with Crippen LogP contribution in [0.15, 0.2) is 59.4 Å². The van der Waals surface area contributed by atoms with E-state index in [2.05, 4.69) is 10.4 Å². The summed E-state index contributed by atoms with van der Waals surface area (Å²) in [7, 11) is 1.38. The van der Waals surface area contributed by atoms with Gasteiger partial charge in [-0.05, 0) is 30.3 Å². The number of nitrogens with one attached hydrogen (secondary N) is 1. The van der Waals surface area contributed by atoms with Crippen LogP contribution in [0.4, 0.5) is 18.9 Å². The number of carbonyl (C=O) groups is 1. The van der Waals surface area contributed by atoms with Crippen LogP contribution in [0.1, 0.15) is 16.1 Å². The molecule has 0 aliphatic carbocycles. The maximum Gasteiger partial charge on any atom is 0.416 e. The molecule has 2 aromatic carbocycles. The fraction of sp³-hybridized carbons (Fsp3) is 0.105. The van der Waals surface area contributed by atoms with E-state index in [9.17, 15) is 27.9 Å². The molecule has 7 nitrogen and oxygen atoms in total. The summed E-state index contributed by atoms with van der Waals surface area (Å²) in [6, 6.07) is 11.1. The van der Waals surface area contributed by atoms with Crippen LogP contribution in [0.2, 0.25) is 0 Å². The fourth-order valence-corrected chi connectivity index (χ4v) is 2.55. The Morgan fingerprint density at radius 3 is 2.55 bits per heavy atom. The molecule has 0 unspecified atom stereocenters. The highest BCUT2D eigenvalue weighted by Gasteiger charge is 2.30. The number of aromatic nitrogens is 2. The van der Waals surface area contributed by atoms with E-state index in [1.54, 1.807) is 18.2 Å². The van der Waals surface area contributed by atoms with Crippen molar-refractivity contribution in [3.05, 3.63) is 76.2 Å². The number of aromatic hydroxyl groups is 1. The smallest absolute Gasteiger partial charge is 0.416 e. The van der Waals surface area contributed by atoms with Crippen LogP contribution in [0.25, 0.3) is 5.69 Å². The molecule has 0 spiro atoms. The first-order valence-corrected chi connectivity index (χ1v) is 8.16. The van der Waals surface area contributed by atoms with Gasteiger partial charge in [-0.2, -0.15) is 23.0 Å². The number of anilines is 1. The van der Waals surface area contributed by atoms with Crippen LogP contribution >= 0.6 is 0 Å². The van der Waals surface area contributed by atoms with Crippen molar-refractivity contribution < 1.29 is 27.8 Å². The highest BCUT2D eigenvalue weighted by atomic mass is 19.4. The van der Waals surface area contributed by atoms with Gasteiger partial charge in [0.25, 0.3) is 11.5 Å². The molecule has 3 aromatic rings. The first-order chi connectivity index (χ1) is 13.7. The molecule has 0 aliphatic rings. The summed E-state index contributed by atoms with van der Waals surface area (Å²) in [5, 5.41) is 16.1. The van der Waals surface area contributed by atoms with Gasteiger partial charge in [0.15, 0.2) is 11.4 Å². The number of benzene rings is 2. The number of alkyl halides is 3. The first-order valence-electron chi connectivity index (χ1n) is 8.16. The first kappa shape index (κ1) is 19.9. The van der Waals surface area contributed by atoms with Crippen molar-refractivity contribution in [3.63, 3.8) is 0 Å². The molecule has 0 saturated heterocycles. The lowest BCUT2D eigenvalue weighted by Crippen LogP contribution is -2.25. The van der Waals surface area contributed by atoms with Crippen molar-refractivity contribution in [2.75, 3.05) is 12.4 Å². The number of nitrogens with zero attached hydrogens (tertiary/aromatic N) is 2. The van der Waals surface area contributed by atoms with Gasteiger partial charge in [-0.15, -0.1) is 0 Å². The lowest BCUT2D eigenvalue weighted by Gasteiger charge is -2.12. The molecule has 0 atom stereocenters. The minimum Gasteiger partial charge on any atom is -0.505 e. The topological polar surface area (TPSA) is 93.5 Å². The van der Waals surface area contributed by atoms with Crippen LogP contribution in [0.3, 0.4) is 0 Å². The zero-order valence-electron chi connectivity index (χ0n) is 14.9. The third kappa shape index (κ3) is 4.21. The van der Waals surface area contributed by atoms with Gasteiger partial charge in [0.05, 0.1) is 12.7 Å². The number of para-hydroxylation sites is 2. The number of amides is 1. The van der Waals surface area contributed by atoms with E-state index in [4.69, 9.17) is 4.74 Å². The number of rotatable bonds is 4. The SMILES string of the molecule is COc1ccccc1-n1nc(C(=O)Nc2cccc(C(F)(F)F)c2)c(O)cc1=O. The van der Waals surface area contributed by atoms with Crippen molar-refractivity contribution in [1.29, 1.82) is 0 Å². The Labute approximate surface area is 162 Å². The summed E-state index contributed by atoms with van der Waals surface area (Å²) in [4.78, 5) is 24.7. The highest BCUT2D eigenvalue weighted by Crippen LogP contribution is 2.31. The second-order valence-corrected chi connectivity index (χ2v) is 5.83. The lowest BCUT2D eigenvalue weighted by molar-refractivity contribution is -0.137. The van der Waals surface area contributed by atoms with Crippen molar-refractivity contribution >= 4 is 11.6 Å². The maximum absolute atomic E-state index is 12.8. The van der Waals surface area contributed by atoms with E-state index in [1.807, 2.05) is 0 Å². The number of hydrogen-bond donors (Lipinski definition) is 2. The van der Waals surface area contributed by atoms with Gasteiger partial charge in [0.1, 0.15) is 11.4 Å². The average Bonchev–Trinajstić information content (AvgIpc) is 2.67. The standard InChI is InChI=1S/C19H14F3N3O4/c1-29-15-8-3-2-7-13(15)25-16(27)10-14(26)17(24-25)18(28)23-12-6-4-5-11(9-12)19(20,21)22/h2-10,26H,1H3,(H,23,28). The van der Waals surface area contributed by atoms with E-state index in [0.29, 0.717) is 0 Å². The van der Waals surface area contributed by atoms with Crippen molar-refractivity contribution in [2.24, 2.45) is 0 Å². The van der Waals surface area contributed by atoms with Crippen LogP contribution in [-0.2, 0) is 6.18 Å². The van der Waals surface area contributed by atoms with Gasteiger partial charge in [-0.25, -0.2) is 0 Å². The molecule has 2 N–H and O–H groups in total. The fourth-order valence-electron chi connectivity index (χ4n) is 2.55. The molecule has 0 fully saturated rings. The largest absolute Gasteiger partial charge is 0.505 e. The van der Waals surface area contributed by atoms with Crippen molar-refractivity contribution in [3.8, 4) is 17.2 Å². The van der Waals surface area contributed by atoms with E-state index < -0.39 is 34.6 Å². The van der Waals surface area contributed by atoms with Gasteiger partial charge in [0, 0.05) is 11.8 Å². The average molecular weight is 405 g/mol. The van der Waals surface area contributed by atoms with Gasteiger partial charge in [-0.1, -0.05) is 18.2 Å². The highest BCUT2D eigenvalue weighted by molar-refractivity contribution is 6.04. The summed E-state index contributed by atoms with van der Waals surface area (Å²) < 4.78 is 44.5. The quantitative estimate of drug-likeness (QED) is 0.695. The lowest BCUT2D eigenvalue weighted by atomic mass is 10.2. The summed E-state index contributed by atoms with van der Waals surface area (Å²) in [6.07, 6.45) is -4.59. The Bertz CT molecular complexity index is 1130. The van der Waals surface area contributed by atoms with Crippen LogP contribution in [-0.4, -0.2) is 27.9 Å². The predicted molar refractivity (Wildman–Crippen MR) is 97.4 cm³/mol. The van der Waals surface area contributed by atoms with Gasteiger partial charge in [-0.3, -0.25) is 9.59 Å². The molecular weight excluding hydrogens is 391 g/mol. The molecule has 0 bridgehead atoms. The van der Waals surface area contributed by atoms with Crippen molar-refractivity contribution in [1.82, 2.24) is 9.78 Å². The van der Waals surface area contributed by atoms with Gasteiger partial charge < -0.3 is 15.2 Å². The number of methoxy groups -OCH3 is 1. The van der Waals surface area contributed by atoms with E-state index in [0.717, 1.165) is 28.9 Å². The number of hydrogen-bond acceptors (Lipinski definition) is 5. The molecule has 1 amide bonds. The summed E-state index contributed by atoms with van der Waals surface area (Å²) >= 11 is 0. The van der Waals surface area contributed by atoms with E-state index in [1.165, 1.54) is 19.2 Å². The Kier molecular flexibility index (Phi) is 5.26. The van der Waals surface area contributed by atoms with Crippen LogP contribution < -0.4 is 15.6 Å². The third-order valence-electron chi connectivity index (χ3n) is 3.89. The third-order valence-corrected chi connectivity index (χ3v) is 3.89. The summed E-state index contributed by atoms with van der Waals surface area (Å²) in [6.45, 7) is 0. The second kappa shape index (κ2) is 7.66. The van der Waals surface area contributed by atoms with Crippen molar-refractivity contribution in [2.45, 2.75) is 6.18 Å². The Hall–Kier alpha value is -3.82. The molecular formula is C19H14F3N3O4. The minimum absolute atomic E-state index is 0.152. The van der Waals surface area contributed by atoms with Crippen LogP contribution in [0, 0.1) is 0 Å².